The Morgan fingerprint density at radius 1 is 1.05 bits per heavy atom. The first kappa shape index (κ1) is 14.6. The highest BCUT2D eigenvalue weighted by Crippen LogP contribution is 2.28. The minimum atomic E-state index is -1.89. The van der Waals surface area contributed by atoms with Gasteiger partial charge in [0, 0.05) is 6.07 Å². The van der Waals surface area contributed by atoms with Crippen molar-refractivity contribution in [2.75, 3.05) is 5.23 Å². The van der Waals surface area contributed by atoms with Crippen LogP contribution in [0.15, 0.2) is 58.3 Å². The van der Waals surface area contributed by atoms with Crippen molar-refractivity contribution in [3.63, 3.8) is 0 Å². The summed E-state index contributed by atoms with van der Waals surface area (Å²) in [6.45, 7) is 0. The molecule has 0 bridgehead atoms. The average molecular weight is 295 g/mol. The molecule has 0 aliphatic carbocycles. The zero-order valence-electron chi connectivity index (χ0n) is 10.1. The Balaban J connectivity index is 2.53. The summed E-state index contributed by atoms with van der Waals surface area (Å²) in [4.78, 5) is 0.105. The van der Waals surface area contributed by atoms with Crippen molar-refractivity contribution in [3.8, 4) is 0 Å². The van der Waals surface area contributed by atoms with Gasteiger partial charge in [0.15, 0.2) is 5.69 Å². The van der Waals surface area contributed by atoms with E-state index in [1.54, 1.807) is 12.1 Å². The van der Waals surface area contributed by atoms with Gasteiger partial charge in [-0.2, -0.15) is 5.23 Å². The van der Waals surface area contributed by atoms with E-state index in [2.05, 4.69) is 0 Å². The highest BCUT2D eigenvalue weighted by molar-refractivity contribution is 7.85. The van der Waals surface area contributed by atoms with Crippen LogP contribution in [0.25, 0.3) is 0 Å². The third-order valence-corrected chi connectivity index (χ3v) is 4.09. The summed E-state index contributed by atoms with van der Waals surface area (Å²) in [5, 5.41) is 38.6. The Labute approximate surface area is 116 Å². The van der Waals surface area contributed by atoms with Crippen LogP contribution < -0.4 is 10.5 Å². The normalized spacial score (nSPS) is 13.8. The minimum absolute atomic E-state index is 0.0405. The van der Waals surface area contributed by atoms with Crippen molar-refractivity contribution in [2.24, 2.45) is 0 Å². The van der Waals surface area contributed by atoms with Crippen LogP contribution in [0.3, 0.4) is 0 Å². The number of hydrogen-bond acceptors (Lipinski definition) is 6. The number of nitrogens with one attached hydrogen (secondary N) is 1. The summed E-state index contributed by atoms with van der Waals surface area (Å²) in [6.07, 6.45) is 0. The monoisotopic (exact) mass is 295 g/mol. The van der Waals surface area contributed by atoms with Crippen molar-refractivity contribution >= 4 is 22.2 Å². The first-order valence-electron chi connectivity index (χ1n) is 5.51. The zero-order valence-corrected chi connectivity index (χ0v) is 10.9. The molecule has 2 atom stereocenters. The fourth-order valence-corrected chi connectivity index (χ4v) is 3.03. The van der Waals surface area contributed by atoms with Crippen LogP contribution in [0, 0.1) is 10.4 Å². The molecule has 0 fully saturated rings. The number of anilines is 1. The van der Waals surface area contributed by atoms with Crippen LogP contribution in [0.1, 0.15) is 0 Å². The second-order valence-electron chi connectivity index (χ2n) is 3.81. The van der Waals surface area contributed by atoms with E-state index in [1.807, 2.05) is 0 Å². The zero-order chi connectivity index (χ0) is 14.7. The van der Waals surface area contributed by atoms with Gasteiger partial charge in [0.05, 0.1) is 21.4 Å². The Morgan fingerprint density at radius 3 is 2.20 bits per heavy atom. The first-order chi connectivity index (χ1) is 9.52. The fourth-order valence-electron chi connectivity index (χ4n) is 1.70. The van der Waals surface area contributed by atoms with Crippen LogP contribution in [0.2, 0.25) is 0 Å². The Bertz CT molecular complexity index is 579. The molecule has 0 aromatic heterocycles. The molecule has 0 spiro atoms. The quantitative estimate of drug-likeness (QED) is 0.724. The van der Waals surface area contributed by atoms with E-state index in [9.17, 15) is 14.6 Å². The summed E-state index contributed by atoms with van der Waals surface area (Å²) in [6, 6.07) is 11.5. The van der Waals surface area contributed by atoms with Crippen molar-refractivity contribution < 1.29 is 19.8 Å². The Morgan fingerprint density at radius 2 is 1.60 bits per heavy atom. The van der Waals surface area contributed by atoms with Crippen LogP contribution in [0.5, 0.6) is 0 Å². The Hall–Kier alpha value is -1.81. The summed E-state index contributed by atoms with van der Waals surface area (Å²) >= 11 is 0. The molecule has 2 unspecified atom stereocenters. The van der Waals surface area contributed by atoms with Gasteiger partial charge in [-0.25, -0.2) is 9.42 Å². The van der Waals surface area contributed by atoms with E-state index in [1.165, 1.54) is 36.4 Å². The van der Waals surface area contributed by atoms with E-state index >= 15 is 0 Å². The number of hydrogen-bond donors (Lipinski definition) is 3. The molecule has 0 radical (unpaired) electrons. The third-order valence-electron chi connectivity index (χ3n) is 2.59. The molecular weight excluding hydrogens is 284 g/mol. The predicted molar refractivity (Wildman–Crippen MR) is 71.0 cm³/mol. The molecular formula is C12H11N2O5S-. The summed E-state index contributed by atoms with van der Waals surface area (Å²) in [7, 11) is -1.89. The number of benzene rings is 2. The van der Waals surface area contributed by atoms with Crippen LogP contribution in [-0.4, -0.2) is 14.6 Å². The Kier molecular flexibility index (Phi) is 4.45. The van der Waals surface area contributed by atoms with Crippen molar-refractivity contribution in [1.82, 2.24) is 0 Å². The van der Waals surface area contributed by atoms with Gasteiger partial charge in [-0.1, -0.05) is 24.3 Å². The molecule has 106 valence electrons. The van der Waals surface area contributed by atoms with Gasteiger partial charge in [0.2, 0.25) is 0 Å². The van der Waals surface area contributed by atoms with E-state index in [0.29, 0.717) is 0 Å². The number of quaternary nitrogens is 1. The molecule has 2 rings (SSSR count). The molecule has 0 aliphatic heterocycles. The molecule has 2 aromatic rings. The average Bonchev–Trinajstić information content (AvgIpc) is 2.46. The molecule has 7 nitrogen and oxygen atoms in total. The second-order valence-corrected chi connectivity index (χ2v) is 5.23. The molecule has 2 aromatic carbocycles. The molecule has 3 N–H and O–H groups in total. The lowest BCUT2D eigenvalue weighted by atomic mass is 10.3. The van der Waals surface area contributed by atoms with Crippen molar-refractivity contribution in [1.29, 1.82) is 0 Å². The predicted octanol–water partition coefficient (Wildman–Crippen LogP) is 0.950. The van der Waals surface area contributed by atoms with Gasteiger partial charge in [0.25, 0.3) is 0 Å². The minimum Gasteiger partial charge on any atom is -0.733 e. The fraction of sp³-hybridized carbons (Fsp3) is 0. The van der Waals surface area contributed by atoms with Gasteiger partial charge >= 0.3 is 0 Å². The molecule has 20 heavy (non-hydrogen) atoms. The largest absolute Gasteiger partial charge is 0.733 e. The molecule has 0 amide bonds. The standard InChI is InChI=1S/C12H11N2O5S/c15-13(16)9-5-1-3-7-11(9)20(19)12-8-4-2-6-10(12)14(17)18/h1-8,13,15,17H/q-1. The SMILES string of the molecule is O=S(c1ccccc1N([O-])O)c1ccccc1[NH+]([O-])O. The van der Waals surface area contributed by atoms with Gasteiger partial charge in [-0.15, -0.1) is 0 Å². The maximum atomic E-state index is 12.5. The van der Waals surface area contributed by atoms with Gasteiger partial charge in [0.1, 0.15) is 4.90 Å². The topological polar surface area (TPSA) is 111 Å². The van der Waals surface area contributed by atoms with Crippen molar-refractivity contribution in [2.45, 2.75) is 9.79 Å². The summed E-state index contributed by atoms with van der Waals surface area (Å²) in [5.41, 5.74) is -0.304. The van der Waals surface area contributed by atoms with Crippen LogP contribution in [-0.2, 0) is 10.8 Å². The number of para-hydroxylation sites is 2. The van der Waals surface area contributed by atoms with Gasteiger partial charge in [-0.05, 0) is 18.2 Å². The van der Waals surface area contributed by atoms with Crippen molar-refractivity contribution in [3.05, 3.63) is 58.9 Å². The lowest BCUT2D eigenvalue weighted by Gasteiger charge is -2.24. The van der Waals surface area contributed by atoms with Gasteiger partial charge in [-0.3, -0.25) is 5.21 Å². The molecule has 0 heterocycles. The smallest absolute Gasteiger partial charge is 0.180 e. The number of nitrogens with zero attached hydrogens (tertiary/aromatic N) is 1. The van der Waals surface area contributed by atoms with Crippen LogP contribution in [0.4, 0.5) is 11.4 Å². The third kappa shape index (κ3) is 2.85. The summed E-state index contributed by atoms with van der Waals surface area (Å²) in [5.74, 6) is 0. The molecule has 0 aliphatic rings. The van der Waals surface area contributed by atoms with E-state index in [4.69, 9.17) is 10.4 Å². The molecule has 0 saturated carbocycles. The highest BCUT2D eigenvalue weighted by Gasteiger charge is 2.18. The molecule has 8 heteroatoms. The summed E-state index contributed by atoms with van der Waals surface area (Å²) < 4.78 is 12.5. The first-order valence-corrected chi connectivity index (χ1v) is 6.66. The number of rotatable bonds is 4. The van der Waals surface area contributed by atoms with Gasteiger partial charge < -0.3 is 15.6 Å². The highest BCUT2D eigenvalue weighted by atomic mass is 32.2. The maximum absolute atomic E-state index is 12.5. The van der Waals surface area contributed by atoms with Crippen LogP contribution >= 0.6 is 0 Å². The lowest BCUT2D eigenvalue weighted by molar-refractivity contribution is -0.992. The lowest BCUT2D eigenvalue weighted by Crippen LogP contribution is -2.99. The van der Waals surface area contributed by atoms with E-state index in [0.717, 1.165) is 0 Å². The maximum Gasteiger partial charge on any atom is 0.180 e. The molecule has 0 saturated heterocycles. The second kappa shape index (κ2) is 6.09. The van der Waals surface area contributed by atoms with E-state index < -0.39 is 21.3 Å². The van der Waals surface area contributed by atoms with E-state index in [-0.39, 0.29) is 21.2 Å².